The Labute approximate surface area is 119 Å². The van der Waals surface area contributed by atoms with Gasteiger partial charge in [0.25, 0.3) is 0 Å². The Balaban J connectivity index is 1.92. The van der Waals surface area contributed by atoms with Gasteiger partial charge >= 0.3 is 0 Å². The van der Waals surface area contributed by atoms with E-state index in [-0.39, 0.29) is 0 Å². The van der Waals surface area contributed by atoms with Crippen molar-refractivity contribution in [2.45, 2.75) is 19.9 Å². The Bertz CT molecular complexity index is 731. The van der Waals surface area contributed by atoms with E-state index < -0.39 is 0 Å². The van der Waals surface area contributed by atoms with Gasteiger partial charge in [-0.2, -0.15) is 0 Å². The molecule has 0 spiro atoms. The Morgan fingerprint density at radius 1 is 1.37 bits per heavy atom. The molecule has 0 atom stereocenters. The summed E-state index contributed by atoms with van der Waals surface area (Å²) in [4.78, 5) is 10.00. The second-order valence-corrected chi connectivity index (χ2v) is 6.18. The predicted octanol–water partition coefficient (Wildman–Crippen LogP) is 3.28. The Kier molecular flexibility index (Phi) is 3.16. The fourth-order valence-corrected chi connectivity index (χ4v) is 3.16. The Hall–Kier alpha value is -1.59. The lowest BCUT2D eigenvalue weighted by atomic mass is 10.3. The summed E-state index contributed by atoms with van der Waals surface area (Å²) in [5, 5.41) is 0. The van der Waals surface area contributed by atoms with Crippen LogP contribution in [0.3, 0.4) is 0 Å². The molecule has 19 heavy (non-hydrogen) atoms. The molecule has 3 heterocycles. The van der Waals surface area contributed by atoms with Crippen LogP contribution in [0.5, 0.6) is 0 Å². The molecular formula is C13H13ClN4S. The van der Waals surface area contributed by atoms with Gasteiger partial charge in [-0.05, 0) is 37.1 Å². The summed E-state index contributed by atoms with van der Waals surface area (Å²) < 4.78 is 2.77. The molecule has 6 heteroatoms. The summed E-state index contributed by atoms with van der Waals surface area (Å²) in [5.74, 6) is 0.513. The molecule has 98 valence electrons. The lowest BCUT2D eigenvalue weighted by Gasteiger charge is -2.04. The van der Waals surface area contributed by atoms with Crippen molar-refractivity contribution in [1.82, 2.24) is 14.5 Å². The van der Waals surface area contributed by atoms with E-state index in [9.17, 15) is 0 Å². The van der Waals surface area contributed by atoms with Crippen molar-refractivity contribution < 1.29 is 0 Å². The minimum atomic E-state index is 0.513. The highest BCUT2D eigenvalue weighted by molar-refractivity contribution is 7.16. The van der Waals surface area contributed by atoms with E-state index >= 15 is 0 Å². The number of nitrogens with zero attached hydrogens (tertiary/aromatic N) is 3. The number of imidazole rings is 1. The van der Waals surface area contributed by atoms with Crippen LogP contribution in [0.15, 0.2) is 24.4 Å². The van der Waals surface area contributed by atoms with Gasteiger partial charge in [0.05, 0.1) is 4.34 Å². The summed E-state index contributed by atoms with van der Waals surface area (Å²) in [6, 6.07) is 5.90. The van der Waals surface area contributed by atoms with Crippen LogP contribution in [0.1, 0.15) is 10.4 Å². The molecule has 0 saturated heterocycles. The Morgan fingerprint density at radius 2 is 2.21 bits per heavy atom. The standard InChI is InChI=1S/C13H13ClN4S/c1-8-4-6-16-12-11(8)17-13(15)18(12)7-5-9-2-3-10(14)19-9/h2-4,6H,5,7H2,1H3,(H2,15,17). The predicted molar refractivity (Wildman–Crippen MR) is 79.7 cm³/mol. The van der Waals surface area contributed by atoms with Gasteiger partial charge in [-0.3, -0.25) is 4.57 Å². The second kappa shape index (κ2) is 4.83. The smallest absolute Gasteiger partial charge is 0.202 e. The minimum absolute atomic E-state index is 0.513. The van der Waals surface area contributed by atoms with Crippen molar-refractivity contribution >= 4 is 40.0 Å². The number of aryl methyl sites for hydroxylation is 3. The van der Waals surface area contributed by atoms with Crippen LogP contribution in [0, 0.1) is 6.92 Å². The number of aromatic nitrogens is 3. The number of rotatable bonds is 3. The number of nitrogens with two attached hydrogens (primary N) is 1. The number of pyridine rings is 1. The zero-order chi connectivity index (χ0) is 13.4. The van der Waals surface area contributed by atoms with Crippen molar-refractivity contribution in [3.05, 3.63) is 39.2 Å². The average Bonchev–Trinajstić information content (AvgIpc) is 2.92. The maximum atomic E-state index is 5.98. The molecule has 0 radical (unpaired) electrons. The molecule has 0 saturated carbocycles. The monoisotopic (exact) mass is 292 g/mol. The summed E-state index contributed by atoms with van der Waals surface area (Å²) in [6.45, 7) is 2.77. The quantitative estimate of drug-likeness (QED) is 0.806. The van der Waals surface area contributed by atoms with Crippen LogP contribution >= 0.6 is 22.9 Å². The number of fused-ring (bicyclic) bond motifs is 1. The molecule has 2 N–H and O–H groups in total. The number of hydrogen-bond donors (Lipinski definition) is 1. The van der Waals surface area contributed by atoms with E-state index in [4.69, 9.17) is 17.3 Å². The van der Waals surface area contributed by atoms with E-state index in [1.54, 1.807) is 17.5 Å². The lowest BCUT2D eigenvalue weighted by Crippen LogP contribution is -2.05. The van der Waals surface area contributed by atoms with Gasteiger partial charge in [0.1, 0.15) is 5.52 Å². The molecule has 0 amide bonds. The third kappa shape index (κ3) is 2.31. The number of hydrogen-bond acceptors (Lipinski definition) is 4. The number of halogens is 1. The first-order valence-electron chi connectivity index (χ1n) is 5.96. The van der Waals surface area contributed by atoms with Crippen LogP contribution in [-0.2, 0) is 13.0 Å². The second-order valence-electron chi connectivity index (χ2n) is 4.38. The largest absolute Gasteiger partial charge is 0.369 e. The summed E-state index contributed by atoms with van der Waals surface area (Å²) in [7, 11) is 0. The van der Waals surface area contributed by atoms with Gasteiger partial charge in [0, 0.05) is 17.6 Å². The molecule has 3 aromatic heterocycles. The van der Waals surface area contributed by atoms with Gasteiger partial charge in [-0.15, -0.1) is 11.3 Å². The minimum Gasteiger partial charge on any atom is -0.369 e. The van der Waals surface area contributed by atoms with Crippen LogP contribution in [-0.4, -0.2) is 14.5 Å². The van der Waals surface area contributed by atoms with Gasteiger partial charge in [0.15, 0.2) is 5.65 Å². The van der Waals surface area contributed by atoms with Gasteiger partial charge < -0.3 is 5.73 Å². The van der Waals surface area contributed by atoms with E-state index in [2.05, 4.69) is 9.97 Å². The third-order valence-corrected chi connectivity index (χ3v) is 4.37. The number of anilines is 1. The zero-order valence-electron chi connectivity index (χ0n) is 10.4. The highest BCUT2D eigenvalue weighted by Crippen LogP contribution is 2.24. The fourth-order valence-electron chi connectivity index (χ4n) is 2.08. The van der Waals surface area contributed by atoms with Crippen LogP contribution in [0.2, 0.25) is 4.34 Å². The number of nitrogen functional groups attached to an aromatic ring is 1. The van der Waals surface area contributed by atoms with Gasteiger partial charge in [0.2, 0.25) is 5.95 Å². The van der Waals surface area contributed by atoms with Crippen molar-refractivity contribution in [1.29, 1.82) is 0 Å². The van der Waals surface area contributed by atoms with Crippen LogP contribution in [0.4, 0.5) is 5.95 Å². The summed E-state index contributed by atoms with van der Waals surface area (Å²) in [5.41, 5.74) is 8.80. The lowest BCUT2D eigenvalue weighted by molar-refractivity contribution is 0.726. The van der Waals surface area contributed by atoms with Crippen molar-refractivity contribution in [2.24, 2.45) is 0 Å². The maximum absolute atomic E-state index is 5.98. The molecule has 0 aromatic carbocycles. The molecule has 0 fully saturated rings. The molecule has 0 unspecified atom stereocenters. The van der Waals surface area contributed by atoms with E-state index in [1.165, 1.54) is 4.88 Å². The molecule has 0 bridgehead atoms. The molecule has 0 aliphatic carbocycles. The third-order valence-electron chi connectivity index (χ3n) is 3.08. The van der Waals surface area contributed by atoms with Crippen molar-refractivity contribution in [3.63, 3.8) is 0 Å². The first-order valence-corrected chi connectivity index (χ1v) is 7.16. The van der Waals surface area contributed by atoms with Crippen molar-refractivity contribution in [2.75, 3.05) is 5.73 Å². The SMILES string of the molecule is Cc1ccnc2c1nc(N)n2CCc1ccc(Cl)s1. The van der Waals surface area contributed by atoms with E-state index in [0.717, 1.165) is 34.0 Å². The highest BCUT2D eigenvalue weighted by atomic mass is 35.5. The first-order chi connectivity index (χ1) is 9.15. The highest BCUT2D eigenvalue weighted by Gasteiger charge is 2.11. The van der Waals surface area contributed by atoms with E-state index in [0.29, 0.717) is 5.95 Å². The molecule has 0 aliphatic rings. The zero-order valence-corrected chi connectivity index (χ0v) is 12.0. The fraction of sp³-hybridized carbons (Fsp3) is 0.231. The van der Waals surface area contributed by atoms with Gasteiger partial charge in [-0.25, -0.2) is 9.97 Å². The average molecular weight is 293 g/mol. The molecule has 3 aromatic rings. The topological polar surface area (TPSA) is 56.7 Å². The Morgan fingerprint density at radius 3 is 2.95 bits per heavy atom. The van der Waals surface area contributed by atoms with Crippen molar-refractivity contribution in [3.8, 4) is 0 Å². The molecule has 3 rings (SSSR count). The molecular weight excluding hydrogens is 280 g/mol. The van der Waals surface area contributed by atoms with E-state index in [1.807, 2.05) is 29.7 Å². The van der Waals surface area contributed by atoms with Crippen LogP contribution < -0.4 is 5.73 Å². The maximum Gasteiger partial charge on any atom is 0.202 e. The molecule has 4 nitrogen and oxygen atoms in total. The summed E-state index contributed by atoms with van der Waals surface area (Å²) in [6.07, 6.45) is 2.67. The van der Waals surface area contributed by atoms with Gasteiger partial charge in [-0.1, -0.05) is 11.6 Å². The summed E-state index contributed by atoms with van der Waals surface area (Å²) >= 11 is 7.52. The molecule has 0 aliphatic heterocycles. The van der Waals surface area contributed by atoms with Crippen LogP contribution in [0.25, 0.3) is 11.2 Å². The number of thiophene rings is 1. The first kappa shape index (κ1) is 12.4. The normalized spacial score (nSPS) is 11.3.